The lowest BCUT2D eigenvalue weighted by Gasteiger charge is -2.06. The molecule has 0 aliphatic rings. The fourth-order valence-electron chi connectivity index (χ4n) is 1.87. The van der Waals surface area contributed by atoms with Crippen LogP contribution in [0.25, 0.3) is 0 Å². The number of ether oxygens (including phenoxy) is 1. The van der Waals surface area contributed by atoms with E-state index in [9.17, 15) is 9.18 Å². The van der Waals surface area contributed by atoms with Crippen LogP contribution in [0.5, 0.6) is 0 Å². The molecule has 104 valence electrons. The summed E-state index contributed by atoms with van der Waals surface area (Å²) in [7, 11) is 1.36. The standard InChI is InChI=1S/C16H16FNO2/c1-20-16(19)14-7-5-12(6-8-14)10-18-11-13-3-2-4-15(17)9-13/h2-9,18H,10-11H2,1H3. The molecule has 0 bridgehead atoms. The van der Waals surface area contributed by atoms with Crippen molar-refractivity contribution in [3.05, 3.63) is 71.0 Å². The molecule has 2 rings (SSSR count). The van der Waals surface area contributed by atoms with Crippen molar-refractivity contribution in [2.75, 3.05) is 7.11 Å². The summed E-state index contributed by atoms with van der Waals surface area (Å²) in [6.07, 6.45) is 0. The zero-order chi connectivity index (χ0) is 14.4. The molecule has 0 saturated carbocycles. The van der Waals surface area contributed by atoms with Crippen LogP contribution in [0.3, 0.4) is 0 Å². The van der Waals surface area contributed by atoms with Crippen LogP contribution >= 0.6 is 0 Å². The predicted molar refractivity (Wildman–Crippen MR) is 74.7 cm³/mol. The van der Waals surface area contributed by atoms with E-state index in [1.54, 1.807) is 18.2 Å². The Hall–Kier alpha value is -2.20. The Kier molecular flexibility index (Phi) is 4.85. The molecule has 0 amide bonds. The van der Waals surface area contributed by atoms with Crippen molar-refractivity contribution in [3.63, 3.8) is 0 Å². The number of benzene rings is 2. The fraction of sp³-hybridized carbons (Fsp3) is 0.188. The van der Waals surface area contributed by atoms with E-state index >= 15 is 0 Å². The average Bonchev–Trinajstić information content (AvgIpc) is 2.47. The number of methoxy groups -OCH3 is 1. The zero-order valence-corrected chi connectivity index (χ0v) is 11.2. The first-order valence-corrected chi connectivity index (χ1v) is 6.31. The SMILES string of the molecule is COC(=O)c1ccc(CNCc2cccc(F)c2)cc1. The Morgan fingerprint density at radius 1 is 1.10 bits per heavy atom. The number of hydrogen-bond acceptors (Lipinski definition) is 3. The molecule has 0 fully saturated rings. The van der Waals surface area contributed by atoms with Gasteiger partial charge >= 0.3 is 5.97 Å². The van der Waals surface area contributed by atoms with Gasteiger partial charge in [0, 0.05) is 13.1 Å². The maximum Gasteiger partial charge on any atom is 0.337 e. The molecule has 2 aromatic carbocycles. The second-order valence-electron chi connectivity index (χ2n) is 4.42. The summed E-state index contributed by atoms with van der Waals surface area (Å²) in [5.41, 5.74) is 2.48. The lowest BCUT2D eigenvalue weighted by Crippen LogP contribution is -2.13. The van der Waals surface area contributed by atoms with Crippen molar-refractivity contribution in [3.8, 4) is 0 Å². The molecule has 0 unspecified atom stereocenters. The Morgan fingerprint density at radius 2 is 1.80 bits per heavy atom. The van der Waals surface area contributed by atoms with Crippen molar-refractivity contribution in [1.29, 1.82) is 0 Å². The largest absolute Gasteiger partial charge is 0.465 e. The highest BCUT2D eigenvalue weighted by molar-refractivity contribution is 5.89. The van der Waals surface area contributed by atoms with Crippen LogP contribution in [0.1, 0.15) is 21.5 Å². The molecule has 0 atom stereocenters. The zero-order valence-electron chi connectivity index (χ0n) is 11.2. The molecule has 0 aromatic heterocycles. The minimum Gasteiger partial charge on any atom is -0.465 e. The van der Waals surface area contributed by atoms with Gasteiger partial charge in [0.05, 0.1) is 12.7 Å². The first kappa shape index (κ1) is 14.2. The van der Waals surface area contributed by atoms with Crippen molar-refractivity contribution in [2.45, 2.75) is 13.1 Å². The predicted octanol–water partition coefficient (Wildman–Crippen LogP) is 2.90. The molecule has 0 aliphatic carbocycles. The quantitative estimate of drug-likeness (QED) is 0.851. The molecule has 0 heterocycles. The number of hydrogen-bond donors (Lipinski definition) is 1. The van der Waals surface area contributed by atoms with Gasteiger partial charge in [0.15, 0.2) is 0 Å². The van der Waals surface area contributed by atoms with Gasteiger partial charge in [-0.05, 0) is 35.4 Å². The van der Waals surface area contributed by atoms with Crippen LogP contribution in [0.2, 0.25) is 0 Å². The molecule has 20 heavy (non-hydrogen) atoms. The lowest BCUT2D eigenvalue weighted by molar-refractivity contribution is 0.0600. The molecular weight excluding hydrogens is 257 g/mol. The highest BCUT2D eigenvalue weighted by atomic mass is 19.1. The second kappa shape index (κ2) is 6.82. The van der Waals surface area contributed by atoms with E-state index < -0.39 is 0 Å². The van der Waals surface area contributed by atoms with Gasteiger partial charge in [-0.25, -0.2) is 9.18 Å². The lowest BCUT2D eigenvalue weighted by atomic mass is 10.1. The minimum atomic E-state index is -0.343. The van der Waals surface area contributed by atoms with Crippen LogP contribution in [0.4, 0.5) is 4.39 Å². The smallest absolute Gasteiger partial charge is 0.337 e. The van der Waals surface area contributed by atoms with Crippen LogP contribution < -0.4 is 5.32 Å². The summed E-state index contributed by atoms with van der Waals surface area (Å²) in [5, 5.41) is 3.23. The fourth-order valence-corrected chi connectivity index (χ4v) is 1.87. The van der Waals surface area contributed by atoms with Crippen LogP contribution in [-0.2, 0) is 17.8 Å². The monoisotopic (exact) mass is 273 g/mol. The van der Waals surface area contributed by atoms with Crippen molar-refractivity contribution >= 4 is 5.97 Å². The van der Waals surface area contributed by atoms with Gasteiger partial charge < -0.3 is 10.1 Å². The highest BCUT2D eigenvalue weighted by Gasteiger charge is 2.04. The molecule has 0 saturated heterocycles. The van der Waals surface area contributed by atoms with Crippen molar-refractivity contribution in [1.82, 2.24) is 5.32 Å². The maximum atomic E-state index is 13.0. The van der Waals surface area contributed by atoms with Crippen LogP contribution in [0.15, 0.2) is 48.5 Å². The van der Waals surface area contributed by atoms with E-state index in [4.69, 9.17) is 0 Å². The topological polar surface area (TPSA) is 38.3 Å². The summed E-state index contributed by atoms with van der Waals surface area (Å²) >= 11 is 0. The third-order valence-electron chi connectivity index (χ3n) is 2.92. The number of carbonyl (C=O) groups excluding carboxylic acids is 1. The number of rotatable bonds is 5. The molecule has 3 nitrogen and oxygen atoms in total. The number of nitrogens with one attached hydrogen (secondary N) is 1. The number of carbonyl (C=O) groups is 1. The molecular formula is C16H16FNO2. The molecule has 0 aliphatic heterocycles. The van der Waals surface area contributed by atoms with Gasteiger partial charge in [-0.2, -0.15) is 0 Å². The highest BCUT2D eigenvalue weighted by Crippen LogP contribution is 2.07. The molecule has 4 heteroatoms. The van der Waals surface area contributed by atoms with Gasteiger partial charge in [0.2, 0.25) is 0 Å². The summed E-state index contributed by atoms with van der Waals surface area (Å²) in [5.74, 6) is -0.573. The van der Waals surface area contributed by atoms with Crippen molar-refractivity contribution in [2.24, 2.45) is 0 Å². The number of esters is 1. The normalized spacial score (nSPS) is 10.3. The van der Waals surface area contributed by atoms with Gasteiger partial charge in [0.1, 0.15) is 5.82 Å². The summed E-state index contributed by atoms with van der Waals surface area (Å²) < 4.78 is 17.6. The Bertz CT molecular complexity index is 581. The first-order valence-electron chi connectivity index (χ1n) is 6.31. The van der Waals surface area contributed by atoms with Crippen LogP contribution in [0, 0.1) is 5.82 Å². The summed E-state index contributed by atoms with van der Waals surface area (Å²) in [6.45, 7) is 1.24. The molecule has 0 radical (unpaired) electrons. The van der Waals surface area contributed by atoms with E-state index in [1.165, 1.54) is 19.2 Å². The molecule has 1 N–H and O–H groups in total. The third kappa shape index (κ3) is 3.90. The summed E-state index contributed by atoms with van der Waals surface area (Å²) in [4.78, 5) is 11.3. The van der Waals surface area contributed by atoms with Crippen LogP contribution in [-0.4, -0.2) is 13.1 Å². The van der Waals surface area contributed by atoms with E-state index in [1.807, 2.05) is 18.2 Å². The van der Waals surface area contributed by atoms with Crippen molar-refractivity contribution < 1.29 is 13.9 Å². The second-order valence-corrected chi connectivity index (χ2v) is 4.42. The third-order valence-corrected chi connectivity index (χ3v) is 2.92. The molecule has 2 aromatic rings. The van der Waals surface area contributed by atoms with Gasteiger partial charge in [-0.3, -0.25) is 0 Å². The van der Waals surface area contributed by atoms with E-state index in [2.05, 4.69) is 10.1 Å². The minimum absolute atomic E-state index is 0.230. The van der Waals surface area contributed by atoms with E-state index in [0.717, 1.165) is 11.1 Å². The Morgan fingerprint density at radius 3 is 2.45 bits per heavy atom. The van der Waals surface area contributed by atoms with Gasteiger partial charge in [0.25, 0.3) is 0 Å². The Balaban J connectivity index is 1.86. The van der Waals surface area contributed by atoms with Gasteiger partial charge in [-0.1, -0.05) is 24.3 Å². The first-order chi connectivity index (χ1) is 9.69. The molecule has 0 spiro atoms. The maximum absolute atomic E-state index is 13.0. The average molecular weight is 273 g/mol. The Labute approximate surface area is 117 Å². The number of halogens is 1. The summed E-state index contributed by atoms with van der Waals surface area (Å²) in [6, 6.07) is 13.7. The van der Waals surface area contributed by atoms with E-state index in [-0.39, 0.29) is 11.8 Å². The van der Waals surface area contributed by atoms with E-state index in [0.29, 0.717) is 18.7 Å². The van der Waals surface area contributed by atoms with Gasteiger partial charge in [-0.15, -0.1) is 0 Å².